The van der Waals surface area contributed by atoms with Crippen molar-refractivity contribution in [3.8, 4) is 5.75 Å². The number of aliphatic carboxylic acids is 1. The van der Waals surface area contributed by atoms with Gasteiger partial charge in [0, 0.05) is 17.9 Å². The van der Waals surface area contributed by atoms with Gasteiger partial charge in [0.1, 0.15) is 5.75 Å². The molecule has 0 radical (unpaired) electrons. The van der Waals surface area contributed by atoms with Crippen LogP contribution in [0.5, 0.6) is 5.75 Å². The first-order valence-electron chi connectivity index (χ1n) is 7.33. The monoisotopic (exact) mass is 294 g/mol. The molecule has 4 heteroatoms. The Morgan fingerprint density at radius 1 is 1.25 bits per heavy atom. The highest BCUT2D eigenvalue weighted by atomic mass is 35.5. The zero-order valence-electron chi connectivity index (χ0n) is 11.4. The quantitative estimate of drug-likeness (QED) is 0.896. The average Bonchev–Trinajstić information content (AvgIpc) is 3.21. The van der Waals surface area contributed by atoms with E-state index in [0.29, 0.717) is 29.5 Å². The normalized spacial score (nSPS) is 21.4. The molecule has 2 aliphatic rings. The number of halogens is 1. The Hall–Kier alpha value is -1.22. The van der Waals surface area contributed by atoms with Crippen molar-refractivity contribution in [3.63, 3.8) is 0 Å². The second-order valence-electron chi connectivity index (χ2n) is 5.92. The fourth-order valence-corrected chi connectivity index (χ4v) is 3.19. The summed E-state index contributed by atoms with van der Waals surface area (Å²) < 4.78 is 5.86. The maximum absolute atomic E-state index is 11.3. The first-order chi connectivity index (χ1) is 9.61. The van der Waals surface area contributed by atoms with Crippen molar-refractivity contribution in [2.45, 2.75) is 56.5 Å². The Morgan fingerprint density at radius 2 is 1.95 bits per heavy atom. The van der Waals surface area contributed by atoms with E-state index in [1.807, 2.05) is 12.1 Å². The molecule has 108 valence electrons. The maximum Gasteiger partial charge on any atom is 0.348 e. The highest BCUT2D eigenvalue weighted by Crippen LogP contribution is 2.45. The van der Waals surface area contributed by atoms with E-state index in [1.165, 1.54) is 19.3 Å². The van der Waals surface area contributed by atoms with Crippen molar-refractivity contribution in [3.05, 3.63) is 28.8 Å². The van der Waals surface area contributed by atoms with E-state index in [4.69, 9.17) is 16.3 Å². The number of hydrogen-bond donors (Lipinski definition) is 1. The van der Waals surface area contributed by atoms with Gasteiger partial charge in [-0.2, -0.15) is 0 Å². The van der Waals surface area contributed by atoms with E-state index >= 15 is 0 Å². The van der Waals surface area contributed by atoms with Gasteiger partial charge in [-0.15, -0.1) is 0 Å². The van der Waals surface area contributed by atoms with Crippen LogP contribution < -0.4 is 4.74 Å². The molecule has 0 saturated heterocycles. The van der Waals surface area contributed by atoms with Crippen LogP contribution in [0, 0.1) is 0 Å². The minimum Gasteiger partial charge on any atom is -0.478 e. The van der Waals surface area contributed by atoms with E-state index in [0.717, 1.165) is 18.4 Å². The summed E-state index contributed by atoms with van der Waals surface area (Å²) in [6.07, 6.45) is 7.22. The van der Waals surface area contributed by atoms with Crippen molar-refractivity contribution >= 4 is 17.6 Å². The Labute approximate surface area is 123 Å². The standard InChI is InChI=1S/C16H19ClO3/c17-12-6-7-13(11-4-2-1-3-5-11)14(10-12)20-16(8-9-16)15(18)19/h6-7,10-11H,1-5,8-9H2,(H,18,19). The fourth-order valence-electron chi connectivity index (χ4n) is 3.03. The van der Waals surface area contributed by atoms with Crippen LogP contribution in [0.4, 0.5) is 0 Å². The number of rotatable bonds is 4. The number of carboxylic acid groups (broad SMARTS) is 1. The van der Waals surface area contributed by atoms with Crippen LogP contribution in [0.2, 0.25) is 5.02 Å². The number of ether oxygens (including phenoxy) is 1. The van der Waals surface area contributed by atoms with Gasteiger partial charge in [0.25, 0.3) is 0 Å². The molecule has 0 aromatic heterocycles. The lowest BCUT2D eigenvalue weighted by Gasteiger charge is -2.25. The molecule has 0 aliphatic heterocycles. The molecule has 2 saturated carbocycles. The zero-order valence-corrected chi connectivity index (χ0v) is 12.2. The minimum atomic E-state index is -1.01. The summed E-state index contributed by atoms with van der Waals surface area (Å²) >= 11 is 6.06. The first kappa shape index (κ1) is 13.7. The van der Waals surface area contributed by atoms with Crippen molar-refractivity contribution in [1.82, 2.24) is 0 Å². The smallest absolute Gasteiger partial charge is 0.348 e. The van der Waals surface area contributed by atoms with Gasteiger partial charge in [0.05, 0.1) is 0 Å². The number of benzene rings is 1. The van der Waals surface area contributed by atoms with E-state index in [1.54, 1.807) is 6.07 Å². The predicted octanol–water partition coefficient (Wildman–Crippen LogP) is 4.38. The Bertz CT molecular complexity index is 516. The second kappa shape index (κ2) is 5.28. The fraction of sp³-hybridized carbons (Fsp3) is 0.562. The van der Waals surface area contributed by atoms with E-state index in [9.17, 15) is 9.90 Å². The second-order valence-corrected chi connectivity index (χ2v) is 6.36. The molecule has 0 atom stereocenters. The predicted molar refractivity (Wildman–Crippen MR) is 77.5 cm³/mol. The largest absolute Gasteiger partial charge is 0.478 e. The van der Waals surface area contributed by atoms with Crippen LogP contribution in [0.15, 0.2) is 18.2 Å². The van der Waals surface area contributed by atoms with Crippen LogP contribution in [-0.2, 0) is 4.79 Å². The average molecular weight is 295 g/mol. The van der Waals surface area contributed by atoms with Crippen molar-refractivity contribution in [2.75, 3.05) is 0 Å². The third-order valence-electron chi connectivity index (χ3n) is 4.42. The Balaban J connectivity index is 1.88. The van der Waals surface area contributed by atoms with Crippen LogP contribution in [-0.4, -0.2) is 16.7 Å². The van der Waals surface area contributed by atoms with Gasteiger partial charge in [-0.05, 0) is 36.5 Å². The van der Waals surface area contributed by atoms with Gasteiger partial charge in [-0.25, -0.2) is 4.79 Å². The lowest BCUT2D eigenvalue weighted by molar-refractivity contribution is -0.147. The molecule has 1 N–H and O–H groups in total. The molecular formula is C16H19ClO3. The summed E-state index contributed by atoms with van der Waals surface area (Å²) in [5.41, 5.74) is 0.121. The van der Waals surface area contributed by atoms with Gasteiger partial charge in [0.15, 0.2) is 0 Å². The van der Waals surface area contributed by atoms with Crippen LogP contribution >= 0.6 is 11.6 Å². The van der Waals surface area contributed by atoms with Gasteiger partial charge < -0.3 is 9.84 Å². The summed E-state index contributed by atoms with van der Waals surface area (Å²) in [5.74, 6) is 0.275. The molecule has 3 nitrogen and oxygen atoms in total. The lowest BCUT2D eigenvalue weighted by atomic mass is 9.83. The van der Waals surface area contributed by atoms with E-state index in [-0.39, 0.29) is 0 Å². The topological polar surface area (TPSA) is 46.5 Å². The Kier molecular flexibility index (Phi) is 3.63. The molecule has 0 bridgehead atoms. The van der Waals surface area contributed by atoms with Crippen LogP contribution in [0.1, 0.15) is 56.4 Å². The summed E-state index contributed by atoms with van der Waals surface area (Å²) in [7, 11) is 0. The Morgan fingerprint density at radius 3 is 2.55 bits per heavy atom. The number of hydrogen-bond acceptors (Lipinski definition) is 2. The molecule has 0 spiro atoms. The molecule has 2 fully saturated rings. The molecular weight excluding hydrogens is 276 g/mol. The SMILES string of the molecule is O=C(O)C1(Oc2cc(Cl)ccc2C2CCCCC2)CC1. The van der Waals surface area contributed by atoms with Crippen LogP contribution in [0.25, 0.3) is 0 Å². The lowest BCUT2D eigenvalue weighted by Crippen LogP contribution is -2.29. The van der Waals surface area contributed by atoms with Gasteiger partial charge in [-0.1, -0.05) is 36.9 Å². The van der Waals surface area contributed by atoms with E-state index < -0.39 is 11.6 Å². The van der Waals surface area contributed by atoms with Crippen molar-refractivity contribution in [1.29, 1.82) is 0 Å². The zero-order chi connectivity index (χ0) is 14.2. The molecule has 1 aromatic rings. The highest BCUT2D eigenvalue weighted by molar-refractivity contribution is 6.30. The maximum atomic E-state index is 11.3. The van der Waals surface area contributed by atoms with Crippen molar-refractivity contribution < 1.29 is 14.6 Å². The molecule has 2 aliphatic carbocycles. The summed E-state index contributed by atoms with van der Waals surface area (Å²) in [4.78, 5) is 11.3. The molecule has 20 heavy (non-hydrogen) atoms. The molecule has 0 heterocycles. The van der Waals surface area contributed by atoms with Crippen LogP contribution in [0.3, 0.4) is 0 Å². The number of carboxylic acids is 1. The molecule has 0 amide bonds. The number of carbonyl (C=O) groups is 1. The van der Waals surface area contributed by atoms with E-state index in [2.05, 4.69) is 0 Å². The highest BCUT2D eigenvalue weighted by Gasteiger charge is 2.53. The summed E-state index contributed by atoms with van der Waals surface area (Å²) in [5, 5.41) is 9.88. The van der Waals surface area contributed by atoms with Gasteiger partial charge >= 0.3 is 5.97 Å². The van der Waals surface area contributed by atoms with Gasteiger partial charge in [0.2, 0.25) is 5.60 Å². The molecule has 1 aromatic carbocycles. The third kappa shape index (κ3) is 2.64. The summed E-state index contributed by atoms with van der Waals surface area (Å²) in [6.45, 7) is 0. The van der Waals surface area contributed by atoms with Crippen molar-refractivity contribution in [2.24, 2.45) is 0 Å². The third-order valence-corrected chi connectivity index (χ3v) is 4.65. The molecule has 3 rings (SSSR count). The molecule has 0 unspecified atom stereocenters. The first-order valence-corrected chi connectivity index (χ1v) is 7.70. The van der Waals surface area contributed by atoms with Gasteiger partial charge in [-0.3, -0.25) is 0 Å². The minimum absolute atomic E-state index is 0.473. The summed E-state index contributed by atoms with van der Waals surface area (Å²) in [6, 6.07) is 5.65.